The normalized spacial score (nSPS) is 10.7. The monoisotopic (exact) mass is 346 g/mol. The average Bonchev–Trinajstić information content (AvgIpc) is 2.48. The lowest BCUT2D eigenvalue weighted by Gasteiger charge is -2.25. The van der Waals surface area contributed by atoms with Crippen molar-refractivity contribution in [3.8, 4) is 0 Å². The lowest BCUT2D eigenvalue weighted by molar-refractivity contribution is 0.807. The van der Waals surface area contributed by atoms with E-state index in [0.717, 1.165) is 19.6 Å². The Balaban J connectivity index is 2.21. The number of anilines is 1. The Bertz CT molecular complexity index is 596. The molecular weight excluding hydrogens is 324 g/mol. The van der Waals surface area contributed by atoms with Gasteiger partial charge in [0.05, 0.1) is 0 Å². The van der Waals surface area contributed by atoms with E-state index < -0.39 is 0 Å². The van der Waals surface area contributed by atoms with Crippen molar-refractivity contribution < 1.29 is 0 Å². The highest BCUT2D eigenvalue weighted by Gasteiger charge is 2.10. The molecule has 0 bridgehead atoms. The maximum atomic E-state index is 3.71. The van der Waals surface area contributed by atoms with E-state index in [1.807, 2.05) is 7.05 Å². The number of nitrogens with zero attached hydrogens (tertiary/aromatic N) is 1. The van der Waals surface area contributed by atoms with Crippen molar-refractivity contribution in [2.24, 2.45) is 0 Å². The third kappa shape index (κ3) is 4.08. The minimum absolute atomic E-state index is 0.897. The number of hydrogen-bond donors (Lipinski definition) is 1. The van der Waals surface area contributed by atoms with E-state index in [1.54, 1.807) is 0 Å². The molecule has 0 amide bonds. The molecule has 0 radical (unpaired) electrons. The Morgan fingerprint density at radius 3 is 2.52 bits per heavy atom. The predicted molar refractivity (Wildman–Crippen MR) is 94.8 cm³/mol. The van der Waals surface area contributed by atoms with Gasteiger partial charge in [-0.1, -0.05) is 46.3 Å². The molecule has 3 heteroatoms. The number of aryl methyl sites for hydroxylation is 1. The molecule has 112 valence electrons. The summed E-state index contributed by atoms with van der Waals surface area (Å²) in [6, 6.07) is 15.2. The molecule has 0 aliphatic carbocycles. The zero-order chi connectivity index (χ0) is 15.2. The van der Waals surface area contributed by atoms with Gasteiger partial charge in [0.15, 0.2) is 0 Å². The molecule has 0 atom stereocenters. The van der Waals surface area contributed by atoms with E-state index in [4.69, 9.17) is 0 Å². The zero-order valence-electron chi connectivity index (χ0n) is 13.0. The fraction of sp³-hybridized carbons (Fsp3) is 0.333. The summed E-state index contributed by atoms with van der Waals surface area (Å²) in [6.45, 7) is 7.18. The second-order valence-corrected chi connectivity index (χ2v) is 6.11. The maximum absolute atomic E-state index is 3.71. The Morgan fingerprint density at radius 2 is 1.90 bits per heavy atom. The summed E-state index contributed by atoms with van der Waals surface area (Å²) < 4.78 is 1.18. The van der Waals surface area contributed by atoms with Gasteiger partial charge in [-0.05, 0) is 49.7 Å². The molecule has 0 aliphatic rings. The van der Waals surface area contributed by atoms with Gasteiger partial charge >= 0.3 is 0 Å². The summed E-state index contributed by atoms with van der Waals surface area (Å²) in [6.07, 6.45) is 0. The van der Waals surface area contributed by atoms with Crippen LogP contribution in [0.15, 0.2) is 46.9 Å². The molecule has 0 unspecified atom stereocenters. The first kappa shape index (κ1) is 16.1. The van der Waals surface area contributed by atoms with Crippen LogP contribution in [0.2, 0.25) is 0 Å². The molecule has 0 saturated heterocycles. The molecule has 2 rings (SSSR count). The molecule has 0 fully saturated rings. The number of hydrogen-bond acceptors (Lipinski definition) is 2. The fourth-order valence-electron chi connectivity index (χ4n) is 2.52. The number of nitrogens with one attached hydrogen (secondary N) is 1. The lowest BCUT2D eigenvalue weighted by Crippen LogP contribution is -2.23. The van der Waals surface area contributed by atoms with Crippen LogP contribution in [0.5, 0.6) is 0 Å². The number of rotatable bonds is 6. The highest BCUT2D eigenvalue weighted by Crippen LogP contribution is 2.25. The van der Waals surface area contributed by atoms with Crippen molar-refractivity contribution in [2.75, 3.05) is 18.5 Å². The van der Waals surface area contributed by atoms with Crippen LogP contribution in [-0.2, 0) is 13.1 Å². The van der Waals surface area contributed by atoms with E-state index in [-0.39, 0.29) is 0 Å². The minimum Gasteiger partial charge on any atom is -0.367 e. The molecular formula is C18H23BrN2. The molecule has 2 aromatic rings. The standard InChI is InChI=1S/C18H23BrN2/c1-4-21(18-8-6-5-7-14(18)2)13-16-10-9-15(12-20-3)11-17(16)19/h5-11,20H,4,12-13H2,1-3H3. The van der Waals surface area contributed by atoms with Crippen LogP contribution in [0.25, 0.3) is 0 Å². The van der Waals surface area contributed by atoms with E-state index in [2.05, 4.69) is 82.5 Å². The third-order valence-electron chi connectivity index (χ3n) is 3.70. The van der Waals surface area contributed by atoms with Crippen molar-refractivity contribution in [3.63, 3.8) is 0 Å². The van der Waals surface area contributed by atoms with Crippen molar-refractivity contribution in [2.45, 2.75) is 26.9 Å². The molecule has 0 heterocycles. The molecule has 0 aliphatic heterocycles. The summed E-state index contributed by atoms with van der Waals surface area (Å²) in [5.41, 5.74) is 5.25. The maximum Gasteiger partial charge on any atom is 0.0440 e. The van der Waals surface area contributed by atoms with Crippen molar-refractivity contribution in [1.29, 1.82) is 0 Å². The summed E-state index contributed by atoms with van der Waals surface area (Å²) in [5, 5.41) is 3.18. The highest BCUT2D eigenvalue weighted by atomic mass is 79.9. The van der Waals surface area contributed by atoms with Crippen LogP contribution in [-0.4, -0.2) is 13.6 Å². The molecule has 21 heavy (non-hydrogen) atoms. The second-order valence-electron chi connectivity index (χ2n) is 5.26. The van der Waals surface area contributed by atoms with Gasteiger partial charge in [-0.2, -0.15) is 0 Å². The van der Waals surface area contributed by atoms with Gasteiger partial charge in [0.1, 0.15) is 0 Å². The summed E-state index contributed by atoms with van der Waals surface area (Å²) in [7, 11) is 1.97. The number of halogens is 1. The van der Waals surface area contributed by atoms with Crippen LogP contribution >= 0.6 is 15.9 Å². The first-order valence-electron chi connectivity index (χ1n) is 7.38. The lowest BCUT2D eigenvalue weighted by atomic mass is 10.1. The molecule has 2 aromatic carbocycles. The van der Waals surface area contributed by atoms with Crippen LogP contribution in [0.4, 0.5) is 5.69 Å². The Kier molecular flexibility index (Phi) is 5.83. The summed E-state index contributed by atoms with van der Waals surface area (Å²) in [5.74, 6) is 0. The van der Waals surface area contributed by atoms with E-state index in [0.29, 0.717) is 0 Å². The topological polar surface area (TPSA) is 15.3 Å². The Hall–Kier alpha value is -1.32. The van der Waals surface area contributed by atoms with Crippen molar-refractivity contribution in [1.82, 2.24) is 5.32 Å². The molecule has 0 spiro atoms. The molecule has 1 N–H and O–H groups in total. The largest absolute Gasteiger partial charge is 0.367 e. The SMILES string of the molecule is CCN(Cc1ccc(CNC)cc1Br)c1ccccc1C. The summed E-state index contributed by atoms with van der Waals surface area (Å²) in [4.78, 5) is 2.41. The molecule has 0 saturated carbocycles. The van der Waals surface area contributed by atoms with Gasteiger partial charge in [0.25, 0.3) is 0 Å². The van der Waals surface area contributed by atoms with Crippen molar-refractivity contribution in [3.05, 3.63) is 63.6 Å². The van der Waals surface area contributed by atoms with Gasteiger partial charge in [-0.3, -0.25) is 0 Å². The van der Waals surface area contributed by atoms with Crippen molar-refractivity contribution >= 4 is 21.6 Å². The van der Waals surface area contributed by atoms with Gasteiger partial charge in [-0.15, -0.1) is 0 Å². The average molecular weight is 347 g/mol. The van der Waals surface area contributed by atoms with Crippen LogP contribution in [0.3, 0.4) is 0 Å². The van der Waals surface area contributed by atoms with Gasteiger partial charge < -0.3 is 10.2 Å². The Morgan fingerprint density at radius 1 is 1.14 bits per heavy atom. The van der Waals surface area contributed by atoms with Crippen LogP contribution in [0.1, 0.15) is 23.6 Å². The molecule has 0 aromatic heterocycles. The first-order valence-corrected chi connectivity index (χ1v) is 8.17. The van der Waals surface area contributed by atoms with Gasteiger partial charge in [-0.25, -0.2) is 0 Å². The Labute approximate surface area is 136 Å². The smallest absolute Gasteiger partial charge is 0.0440 e. The second kappa shape index (κ2) is 7.62. The highest BCUT2D eigenvalue weighted by molar-refractivity contribution is 9.10. The van der Waals surface area contributed by atoms with E-state index >= 15 is 0 Å². The number of para-hydroxylation sites is 1. The fourth-order valence-corrected chi connectivity index (χ4v) is 3.08. The van der Waals surface area contributed by atoms with Crippen LogP contribution < -0.4 is 10.2 Å². The molecule has 2 nitrogen and oxygen atoms in total. The summed E-state index contributed by atoms with van der Waals surface area (Å²) >= 11 is 3.71. The van der Waals surface area contributed by atoms with E-state index in [9.17, 15) is 0 Å². The number of benzene rings is 2. The van der Waals surface area contributed by atoms with Gasteiger partial charge in [0.2, 0.25) is 0 Å². The third-order valence-corrected chi connectivity index (χ3v) is 4.44. The van der Waals surface area contributed by atoms with E-state index in [1.165, 1.54) is 26.9 Å². The zero-order valence-corrected chi connectivity index (χ0v) is 14.6. The quantitative estimate of drug-likeness (QED) is 0.828. The van der Waals surface area contributed by atoms with Crippen LogP contribution in [0, 0.1) is 6.92 Å². The minimum atomic E-state index is 0.897. The first-order chi connectivity index (χ1) is 10.2. The predicted octanol–water partition coefficient (Wildman–Crippen LogP) is 4.50. The van der Waals surface area contributed by atoms with Gasteiger partial charge in [0, 0.05) is 29.8 Å².